The molecule has 2 aromatic carbocycles. The molecule has 0 atom stereocenters. The number of benzene rings is 2. The second-order valence-corrected chi connectivity index (χ2v) is 4.67. The zero-order chi connectivity index (χ0) is 15.9. The van der Waals surface area contributed by atoms with Gasteiger partial charge in [-0.1, -0.05) is 6.07 Å². The maximum absolute atomic E-state index is 11.9. The fourth-order valence-electron chi connectivity index (χ4n) is 1.91. The highest BCUT2D eigenvalue weighted by Gasteiger charge is 2.05. The van der Waals surface area contributed by atoms with Crippen LogP contribution in [0.25, 0.3) is 0 Å². The van der Waals surface area contributed by atoms with E-state index in [1.165, 1.54) is 6.92 Å². The van der Waals surface area contributed by atoms with Crippen LogP contribution in [-0.4, -0.2) is 18.4 Å². The minimum absolute atomic E-state index is 0.0104. The van der Waals surface area contributed by atoms with Gasteiger partial charge in [0.15, 0.2) is 5.78 Å². The van der Waals surface area contributed by atoms with E-state index < -0.39 is 0 Å². The van der Waals surface area contributed by atoms with Crippen LogP contribution in [0.3, 0.4) is 0 Å². The molecule has 0 spiro atoms. The van der Waals surface area contributed by atoms with Gasteiger partial charge in [0, 0.05) is 23.0 Å². The van der Waals surface area contributed by atoms with Crippen molar-refractivity contribution in [2.24, 2.45) is 0 Å². The third kappa shape index (κ3) is 4.34. The topological polar surface area (TPSA) is 67.4 Å². The fourth-order valence-corrected chi connectivity index (χ4v) is 1.91. The monoisotopic (exact) mass is 298 g/mol. The zero-order valence-electron chi connectivity index (χ0n) is 12.6. The first kappa shape index (κ1) is 15.6. The largest absolute Gasteiger partial charge is 0.494 e. The van der Waals surface area contributed by atoms with Gasteiger partial charge in [0.2, 0.25) is 0 Å². The van der Waals surface area contributed by atoms with Gasteiger partial charge >= 0.3 is 6.03 Å². The summed E-state index contributed by atoms with van der Waals surface area (Å²) in [6.07, 6.45) is 0. The summed E-state index contributed by atoms with van der Waals surface area (Å²) in [6.45, 7) is 3.97. The van der Waals surface area contributed by atoms with Crippen molar-refractivity contribution in [2.75, 3.05) is 17.2 Å². The molecule has 0 aliphatic rings. The van der Waals surface area contributed by atoms with Crippen LogP contribution in [0.15, 0.2) is 48.5 Å². The van der Waals surface area contributed by atoms with Crippen LogP contribution in [0.2, 0.25) is 0 Å². The number of ketones is 1. The van der Waals surface area contributed by atoms with Gasteiger partial charge in [-0.15, -0.1) is 0 Å². The molecule has 0 bridgehead atoms. The number of anilines is 2. The molecule has 0 heterocycles. The molecule has 5 heteroatoms. The van der Waals surface area contributed by atoms with Gasteiger partial charge in [0.05, 0.1) is 6.61 Å². The molecular formula is C17H18N2O3. The Bertz CT molecular complexity index is 666. The van der Waals surface area contributed by atoms with Crippen molar-refractivity contribution in [2.45, 2.75) is 13.8 Å². The van der Waals surface area contributed by atoms with Gasteiger partial charge < -0.3 is 15.4 Å². The van der Waals surface area contributed by atoms with E-state index in [4.69, 9.17) is 4.74 Å². The Labute approximate surface area is 129 Å². The summed E-state index contributed by atoms with van der Waals surface area (Å²) in [5, 5.41) is 5.44. The Morgan fingerprint density at radius 2 is 1.68 bits per heavy atom. The maximum atomic E-state index is 11.9. The molecule has 0 saturated heterocycles. The van der Waals surface area contributed by atoms with Crippen molar-refractivity contribution in [3.05, 3.63) is 54.1 Å². The smallest absolute Gasteiger partial charge is 0.323 e. The van der Waals surface area contributed by atoms with Crippen LogP contribution >= 0.6 is 0 Å². The minimum Gasteiger partial charge on any atom is -0.494 e. The molecule has 114 valence electrons. The third-order valence-corrected chi connectivity index (χ3v) is 2.95. The van der Waals surface area contributed by atoms with E-state index in [2.05, 4.69) is 10.6 Å². The fraction of sp³-hybridized carbons (Fsp3) is 0.176. The van der Waals surface area contributed by atoms with E-state index in [1.54, 1.807) is 36.4 Å². The molecule has 0 radical (unpaired) electrons. The molecule has 0 aromatic heterocycles. The molecular weight excluding hydrogens is 280 g/mol. The molecule has 2 N–H and O–H groups in total. The van der Waals surface area contributed by atoms with Crippen molar-refractivity contribution in [3.8, 4) is 5.75 Å². The Morgan fingerprint density at radius 3 is 2.32 bits per heavy atom. The van der Waals surface area contributed by atoms with Crippen LogP contribution in [0, 0.1) is 0 Å². The quantitative estimate of drug-likeness (QED) is 0.822. The Morgan fingerprint density at radius 1 is 1.00 bits per heavy atom. The lowest BCUT2D eigenvalue weighted by atomic mass is 10.1. The van der Waals surface area contributed by atoms with Crippen molar-refractivity contribution in [1.29, 1.82) is 0 Å². The molecule has 0 aliphatic carbocycles. The van der Waals surface area contributed by atoms with Crippen molar-refractivity contribution in [1.82, 2.24) is 0 Å². The van der Waals surface area contributed by atoms with E-state index in [1.807, 2.05) is 19.1 Å². The summed E-state index contributed by atoms with van der Waals surface area (Å²) in [5.41, 5.74) is 1.86. The molecule has 2 amide bonds. The number of carbonyl (C=O) groups excluding carboxylic acids is 2. The molecule has 0 aliphatic heterocycles. The Kier molecular flexibility index (Phi) is 5.14. The lowest BCUT2D eigenvalue weighted by molar-refractivity contribution is 0.101. The predicted octanol–water partition coefficient (Wildman–Crippen LogP) is 3.93. The van der Waals surface area contributed by atoms with E-state index in [0.29, 0.717) is 29.3 Å². The first-order valence-electron chi connectivity index (χ1n) is 7.00. The number of urea groups is 1. The lowest BCUT2D eigenvalue weighted by Gasteiger charge is -2.09. The summed E-state index contributed by atoms with van der Waals surface area (Å²) in [7, 11) is 0. The van der Waals surface area contributed by atoms with Crippen molar-refractivity contribution < 1.29 is 14.3 Å². The highest BCUT2D eigenvalue weighted by Crippen LogP contribution is 2.18. The van der Waals surface area contributed by atoms with E-state index in [9.17, 15) is 9.59 Å². The van der Waals surface area contributed by atoms with Crippen LogP contribution in [-0.2, 0) is 0 Å². The summed E-state index contributed by atoms with van der Waals surface area (Å²) in [6, 6.07) is 13.5. The number of carbonyl (C=O) groups is 2. The number of ether oxygens (including phenoxy) is 1. The van der Waals surface area contributed by atoms with Gasteiger partial charge in [-0.3, -0.25) is 4.79 Å². The summed E-state index contributed by atoms with van der Waals surface area (Å²) < 4.78 is 5.38. The van der Waals surface area contributed by atoms with Crippen LogP contribution in [0.5, 0.6) is 5.75 Å². The predicted molar refractivity (Wildman–Crippen MR) is 86.7 cm³/mol. The lowest BCUT2D eigenvalue weighted by Crippen LogP contribution is -2.19. The van der Waals surface area contributed by atoms with Crippen molar-refractivity contribution >= 4 is 23.2 Å². The number of amides is 2. The van der Waals surface area contributed by atoms with Gasteiger partial charge in [-0.05, 0) is 50.2 Å². The molecule has 2 rings (SSSR count). The van der Waals surface area contributed by atoms with E-state index in [0.717, 1.165) is 0 Å². The van der Waals surface area contributed by atoms with Gasteiger partial charge in [0.25, 0.3) is 0 Å². The Hall–Kier alpha value is -2.82. The number of hydrogen-bond acceptors (Lipinski definition) is 3. The van der Waals surface area contributed by atoms with Gasteiger partial charge in [-0.25, -0.2) is 4.79 Å². The molecule has 0 saturated carbocycles. The molecule has 5 nitrogen and oxygen atoms in total. The van der Waals surface area contributed by atoms with Crippen LogP contribution in [0.4, 0.5) is 16.2 Å². The number of rotatable bonds is 5. The van der Waals surface area contributed by atoms with Crippen molar-refractivity contribution in [3.63, 3.8) is 0 Å². The molecule has 2 aromatic rings. The van der Waals surface area contributed by atoms with E-state index >= 15 is 0 Å². The van der Waals surface area contributed by atoms with Crippen LogP contribution in [0.1, 0.15) is 24.2 Å². The van der Waals surface area contributed by atoms with Gasteiger partial charge in [0.1, 0.15) is 5.75 Å². The summed E-state index contributed by atoms with van der Waals surface area (Å²) in [5.74, 6) is 0.690. The van der Waals surface area contributed by atoms with E-state index in [-0.39, 0.29) is 11.8 Å². The summed E-state index contributed by atoms with van der Waals surface area (Å²) in [4.78, 5) is 23.1. The highest BCUT2D eigenvalue weighted by atomic mass is 16.5. The summed E-state index contributed by atoms with van der Waals surface area (Å²) >= 11 is 0. The molecule has 0 fully saturated rings. The first-order valence-corrected chi connectivity index (χ1v) is 7.00. The third-order valence-electron chi connectivity index (χ3n) is 2.95. The number of hydrogen-bond donors (Lipinski definition) is 2. The average Bonchev–Trinajstić information content (AvgIpc) is 2.48. The van der Waals surface area contributed by atoms with Crippen LogP contribution < -0.4 is 15.4 Å². The second kappa shape index (κ2) is 7.26. The normalized spacial score (nSPS) is 9.91. The molecule has 22 heavy (non-hydrogen) atoms. The first-order chi connectivity index (χ1) is 10.6. The minimum atomic E-state index is -0.357. The maximum Gasteiger partial charge on any atom is 0.323 e. The number of Topliss-reactive ketones (excluding diaryl/α,β-unsaturated/α-hetero) is 1. The Balaban J connectivity index is 1.97. The average molecular weight is 298 g/mol. The molecule has 0 unspecified atom stereocenters. The SMILES string of the molecule is CCOc1cccc(NC(=O)Nc2ccc(C(C)=O)cc2)c1. The number of nitrogens with one attached hydrogen (secondary N) is 2. The highest BCUT2D eigenvalue weighted by molar-refractivity contribution is 6.00. The zero-order valence-corrected chi connectivity index (χ0v) is 12.6. The van der Waals surface area contributed by atoms with Gasteiger partial charge in [-0.2, -0.15) is 0 Å². The second-order valence-electron chi connectivity index (χ2n) is 4.67. The standard InChI is InChI=1S/C17H18N2O3/c1-3-22-16-6-4-5-15(11-16)19-17(21)18-14-9-7-13(8-10-14)12(2)20/h4-11H,3H2,1-2H3,(H2,18,19,21).